The summed E-state index contributed by atoms with van der Waals surface area (Å²) in [5.74, 6) is -0.272. The van der Waals surface area contributed by atoms with Crippen molar-refractivity contribution in [2.45, 2.75) is 27.2 Å². The van der Waals surface area contributed by atoms with Gasteiger partial charge in [-0.15, -0.1) is 0 Å². The summed E-state index contributed by atoms with van der Waals surface area (Å²) in [6.07, 6.45) is 2.84. The number of aliphatic imine (C=N–C) groups is 1. The number of benzene rings is 2. The Morgan fingerprint density at radius 3 is 2.46 bits per heavy atom. The van der Waals surface area contributed by atoms with Gasteiger partial charge in [0.1, 0.15) is 5.82 Å². The van der Waals surface area contributed by atoms with Gasteiger partial charge in [0.25, 0.3) is 0 Å². The molecule has 0 aliphatic rings. The van der Waals surface area contributed by atoms with Crippen LogP contribution in [0.25, 0.3) is 5.69 Å². The van der Waals surface area contributed by atoms with E-state index in [1.54, 1.807) is 18.3 Å². The van der Waals surface area contributed by atoms with Crippen molar-refractivity contribution in [2.75, 3.05) is 0 Å². The van der Waals surface area contributed by atoms with E-state index in [2.05, 4.69) is 60.7 Å². The highest BCUT2D eigenvalue weighted by atomic mass is 19.1. The minimum atomic E-state index is -0.272. The number of hydrogen-bond donors (Lipinski definition) is 0. The van der Waals surface area contributed by atoms with E-state index in [0.29, 0.717) is 5.69 Å². The van der Waals surface area contributed by atoms with Crippen LogP contribution in [0.5, 0.6) is 0 Å². The van der Waals surface area contributed by atoms with Crippen LogP contribution in [0.2, 0.25) is 0 Å². The molecule has 0 atom stereocenters. The Morgan fingerprint density at radius 2 is 1.79 bits per heavy atom. The van der Waals surface area contributed by atoms with Gasteiger partial charge in [0, 0.05) is 28.9 Å². The van der Waals surface area contributed by atoms with Gasteiger partial charge >= 0.3 is 0 Å². The zero-order valence-corrected chi connectivity index (χ0v) is 14.3. The Labute approximate surface area is 142 Å². The van der Waals surface area contributed by atoms with E-state index >= 15 is 0 Å². The summed E-state index contributed by atoms with van der Waals surface area (Å²) in [5, 5.41) is 0. The summed E-state index contributed by atoms with van der Waals surface area (Å²) in [7, 11) is 0. The normalized spacial score (nSPS) is 11.3. The average molecular weight is 320 g/mol. The number of nitrogens with zero attached hydrogens (tertiary/aromatic N) is 2. The predicted molar refractivity (Wildman–Crippen MR) is 98.3 cm³/mol. The molecule has 1 heterocycles. The van der Waals surface area contributed by atoms with Crippen LogP contribution in [0.4, 0.5) is 10.1 Å². The minimum absolute atomic E-state index is 0.272. The van der Waals surface area contributed by atoms with Crippen molar-refractivity contribution in [3.05, 3.63) is 82.9 Å². The average Bonchev–Trinajstić information content (AvgIpc) is 2.87. The van der Waals surface area contributed by atoms with Crippen molar-refractivity contribution in [3.8, 4) is 5.69 Å². The van der Waals surface area contributed by atoms with E-state index in [9.17, 15) is 4.39 Å². The topological polar surface area (TPSA) is 17.3 Å². The Balaban J connectivity index is 1.94. The molecule has 0 N–H and O–H groups in total. The van der Waals surface area contributed by atoms with Crippen LogP contribution < -0.4 is 0 Å². The fraction of sp³-hybridized carbons (Fsp3) is 0.190. The van der Waals surface area contributed by atoms with Crippen LogP contribution in [0.1, 0.15) is 29.4 Å². The Bertz CT molecular complexity index is 873. The summed E-state index contributed by atoms with van der Waals surface area (Å²) in [5.41, 5.74) is 6.40. The summed E-state index contributed by atoms with van der Waals surface area (Å²) < 4.78 is 15.5. The second-order valence-corrected chi connectivity index (χ2v) is 5.92. The third kappa shape index (κ3) is 3.30. The molecule has 0 radical (unpaired) electrons. The maximum atomic E-state index is 13.2. The van der Waals surface area contributed by atoms with Crippen LogP contribution in [-0.4, -0.2) is 10.8 Å². The molecule has 0 amide bonds. The molecule has 0 fully saturated rings. The van der Waals surface area contributed by atoms with Gasteiger partial charge in [-0.2, -0.15) is 0 Å². The summed E-state index contributed by atoms with van der Waals surface area (Å²) >= 11 is 0. The second kappa shape index (κ2) is 6.83. The molecular formula is C21H21FN2. The van der Waals surface area contributed by atoms with Crippen LogP contribution in [0, 0.1) is 19.7 Å². The van der Waals surface area contributed by atoms with Gasteiger partial charge in [-0.05, 0) is 62.2 Å². The number of halogens is 1. The Kier molecular flexibility index (Phi) is 4.61. The first-order valence-electron chi connectivity index (χ1n) is 8.16. The van der Waals surface area contributed by atoms with E-state index in [0.717, 1.165) is 29.1 Å². The van der Waals surface area contributed by atoms with Crippen LogP contribution in [0.3, 0.4) is 0 Å². The van der Waals surface area contributed by atoms with Gasteiger partial charge in [0.2, 0.25) is 0 Å². The molecule has 0 saturated heterocycles. The highest BCUT2D eigenvalue weighted by Gasteiger charge is 2.09. The van der Waals surface area contributed by atoms with Crippen molar-refractivity contribution in [1.82, 2.24) is 4.57 Å². The van der Waals surface area contributed by atoms with E-state index < -0.39 is 0 Å². The van der Waals surface area contributed by atoms with E-state index in [4.69, 9.17) is 0 Å². The number of rotatable bonds is 4. The molecule has 0 bridgehead atoms. The van der Waals surface area contributed by atoms with E-state index in [1.807, 2.05) is 0 Å². The van der Waals surface area contributed by atoms with Gasteiger partial charge in [-0.25, -0.2) is 4.39 Å². The Hall–Kier alpha value is -2.68. The minimum Gasteiger partial charge on any atom is -0.318 e. The Morgan fingerprint density at radius 1 is 1.04 bits per heavy atom. The molecule has 24 heavy (non-hydrogen) atoms. The zero-order valence-electron chi connectivity index (χ0n) is 14.3. The maximum absolute atomic E-state index is 13.2. The molecule has 0 unspecified atom stereocenters. The molecule has 2 nitrogen and oxygen atoms in total. The van der Waals surface area contributed by atoms with Crippen molar-refractivity contribution in [2.24, 2.45) is 4.99 Å². The molecule has 0 aliphatic carbocycles. The molecule has 0 spiro atoms. The standard InChI is InChI=1S/C21H21FN2/c1-4-17-8-10-21(11-9-17)24-15(2)12-18(16(24)3)14-23-20-7-5-6-19(22)13-20/h5-14H,4H2,1-3H3. The molecule has 3 heteroatoms. The van der Waals surface area contributed by atoms with E-state index in [1.165, 1.54) is 17.7 Å². The second-order valence-electron chi connectivity index (χ2n) is 5.92. The van der Waals surface area contributed by atoms with Crippen molar-refractivity contribution < 1.29 is 4.39 Å². The van der Waals surface area contributed by atoms with E-state index in [-0.39, 0.29) is 5.82 Å². The first-order valence-corrected chi connectivity index (χ1v) is 8.16. The quantitative estimate of drug-likeness (QED) is 0.561. The highest BCUT2D eigenvalue weighted by molar-refractivity contribution is 5.84. The molecule has 0 saturated carbocycles. The molecular weight excluding hydrogens is 299 g/mol. The number of aryl methyl sites for hydroxylation is 2. The summed E-state index contributed by atoms with van der Waals surface area (Å²) in [6.45, 7) is 6.32. The molecule has 122 valence electrons. The molecule has 3 aromatic rings. The SMILES string of the molecule is CCc1ccc(-n2c(C)cc(C=Nc3cccc(F)c3)c2C)cc1. The van der Waals surface area contributed by atoms with Gasteiger partial charge in [-0.3, -0.25) is 4.99 Å². The van der Waals surface area contributed by atoms with Crippen molar-refractivity contribution in [1.29, 1.82) is 0 Å². The lowest BCUT2D eigenvalue weighted by molar-refractivity contribution is 0.628. The van der Waals surface area contributed by atoms with Crippen molar-refractivity contribution >= 4 is 11.9 Å². The number of aromatic nitrogens is 1. The van der Waals surface area contributed by atoms with Gasteiger partial charge in [0.15, 0.2) is 0 Å². The molecule has 1 aromatic heterocycles. The predicted octanol–water partition coefficient (Wildman–Crippen LogP) is 5.55. The summed E-state index contributed by atoms with van der Waals surface area (Å²) in [6, 6.07) is 17.0. The lowest BCUT2D eigenvalue weighted by Crippen LogP contribution is -1.99. The largest absolute Gasteiger partial charge is 0.318 e. The fourth-order valence-corrected chi connectivity index (χ4v) is 2.90. The molecule has 3 rings (SSSR count). The smallest absolute Gasteiger partial charge is 0.125 e. The number of hydrogen-bond acceptors (Lipinski definition) is 1. The lowest BCUT2D eigenvalue weighted by Gasteiger charge is -2.10. The fourth-order valence-electron chi connectivity index (χ4n) is 2.90. The summed E-state index contributed by atoms with van der Waals surface area (Å²) in [4.78, 5) is 4.40. The van der Waals surface area contributed by atoms with Gasteiger partial charge in [0.05, 0.1) is 5.69 Å². The van der Waals surface area contributed by atoms with Gasteiger partial charge in [-0.1, -0.05) is 25.1 Å². The van der Waals surface area contributed by atoms with Crippen LogP contribution >= 0.6 is 0 Å². The third-order valence-corrected chi connectivity index (χ3v) is 4.23. The lowest BCUT2D eigenvalue weighted by atomic mass is 10.1. The van der Waals surface area contributed by atoms with Crippen molar-refractivity contribution in [3.63, 3.8) is 0 Å². The first-order chi connectivity index (χ1) is 11.6. The third-order valence-electron chi connectivity index (χ3n) is 4.23. The molecule has 2 aromatic carbocycles. The maximum Gasteiger partial charge on any atom is 0.125 e. The van der Waals surface area contributed by atoms with Crippen LogP contribution in [-0.2, 0) is 6.42 Å². The highest BCUT2D eigenvalue weighted by Crippen LogP contribution is 2.21. The first kappa shape index (κ1) is 16.2. The zero-order chi connectivity index (χ0) is 17.1. The monoisotopic (exact) mass is 320 g/mol. The van der Waals surface area contributed by atoms with Gasteiger partial charge < -0.3 is 4.57 Å². The molecule has 0 aliphatic heterocycles. The van der Waals surface area contributed by atoms with Crippen LogP contribution in [0.15, 0.2) is 59.6 Å².